The molecule has 1 heterocycles. The zero-order valence-corrected chi connectivity index (χ0v) is 27.8. The number of carbonyl (C=O) groups is 2. The van der Waals surface area contributed by atoms with Gasteiger partial charge in [-0.15, -0.1) is 23.1 Å². The molecule has 2 N–H and O–H groups in total. The van der Waals surface area contributed by atoms with E-state index in [1.54, 1.807) is 51.3 Å². The second kappa shape index (κ2) is 14.1. The van der Waals surface area contributed by atoms with Crippen molar-refractivity contribution in [1.82, 2.24) is 5.43 Å². The number of hydrogen-bond donors (Lipinski definition) is 2. The molecule has 1 aromatic heterocycles. The number of nitrogens with zero attached hydrogens (tertiary/aromatic N) is 2. The highest BCUT2D eigenvalue weighted by Gasteiger charge is 2.25. The van der Waals surface area contributed by atoms with Crippen LogP contribution in [0.1, 0.15) is 31.2 Å². The summed E-state index contributed by atoms with van der Waals surface area (Å²) in [6.07, 6.45) is 1.55. The number of nitrogens with one attached hydrogen (secondary N) is 2. The van der Waals surface area contributed by atoms with E-state index in [1.165, 1.54) is 71.8 Å². The summed E-state index contributed by atoms with van der Waals surface area (Å²) in [5.41, 5.74) is 3.68. The Balaban J connectivity index is 1.59. The SMILES string of the molecule is CSc1sc(C=NNC(=O)OC(C)(C)C)cc1S(=O)(=O)c1cccc(-c2c(C)cccc2NC(=O)Oc2ccc([N+](=O)[O-])cc2)c1. The predicted octanol–water partition coefficient (Wildman–Crippen LogP) is 7.66. The van der Waals surface area contributed by atoms with Crippen molar-refractivity contribution >= 4 is 62.7 Å². The zero-order chi connectivity index (χ0) is 33.6. The Bertz CT molecular complexity index is 1910. The van der Waals surface area contributed by atoms with E-state index in [-0.39, 0.29) is 21.2 Å². The quantitative estimate of drug-likeness (QED) is 0.0780. The summed E-state index contributed by atoms with van der Waals surface area (Å²) in [5.74, 6) is 0.107. The summed E-state index contributed by atoms with van der Waals surface area (Å²) in [6.45, 7) is 7.00. The van der Waals surface area contributed by atoms with E-state index in [0.717, 1.165) is 5.56 Å². The molecule has 0 spiro atoms. The molecule has 0 unspecified atom stereocenters. The van der Waals surface area contributed by atoms with E-state index in [0.29, 0.717) is 25.9 Å². The molecule has 0 bridgehead atoms. The molecule has 4 rings (SSSR count). The Morgan fingerprint density at radius 1 is 1.02 bits per heavy atom. The highest BCUT2D eigenvalue weighted by Crippen LogP contribution is 2.38. The molecule has 0 radical (unpaired) electrons. The zero-order valence-electron chi connectivity index (χ0n) is 25.4. The normalized spacial score (nSPS) is 11.7. The van der Waals surface area contributed by atoms with Gasteiger partial charge < -0.3 is 9.47 Å². The van der Waals surface area contributed by atoms with Crippen LogP contribution in [0.2, 0.25) is 0 Å². The number of thioether (sulfide) groups is 1. The first kappa shape index (κ1) is 34.1. The van der Waals surface area contributed by atoms with Crippen molar-refractivity contribution in [3.63, 3.8) is 0 Å². The number of rotatable bonds is 9. The number of anilines is 1. The summed E-state index contributed by atoms with van der Waals surface area (Å²) in [6, 6.07) is 18.1. The van der Waals surface area contributed by atoms with Gasteiger partial charge in [0.25, 0.3) is 5.69 Å². The van der Waals surface area contributed by atoms with Crippen molar-refractivity contribution in [2.24, 2.45) is 5.10 Å². The molecular formula is C31H30N4O8S3. The number of nitro groups is 1. The second-order valence-corrected chi connectivity index (χ2v) is 14.7. The molecular weight excluding hydrogens is 653 g/mol. The van der Waals surface area contributed by atoms with Crippen molar-refractivity contribution in [3.8, 4) is 16.9 Å². The number of hydrogen-bond acceptors (Lipinski definition) is 11. The Morgan fingerprint density at radius 3 is 2.37 bits per heavy atom. The Hall–Kier alpha value is -4.73. The smallest absolute Gasteiger partial charge is 0.428 e. The van der Waals surface area contributed by atoms with Crippen LogP contribution in [-0.2, 0) is 14.6 Å². The number of benzene rings is 3. The van der Waals surface area contributed by atoms with Crippen LogP contribution in [0.3, 0.4) is 0 Å². The van der Waals surface area contributed by atoms with Gasteiger partial charge in [-0.1, -0.05) is 24.3 Å². The van der Waals surface area contributed by atoms with Crippen LogP contribution in [0, 0.1) is 17.0 Å². The minimum absolute atomic E-state index is 0.0381. The molecule has 3 aromatic carbocycles. The third-order valence-electron chi connectivity index (χ3n) is 6.11. The van der Waals surface area contributed by atoms with Crippen molar-refractivity contribution < 1.29 is 32.4 Å². The lowest BCUT2D eigenvalue weighted by Crippen LogP contribution is -2.29. The average molecular weight is 683 g/mol. The Morgan fingerprint density at radius 2 is 1.72 bits per heavy atom. The van der Waals surface area contributed by atoms with E-state index >= 15 is 0 Å². The highest BCUT2D eigenvalue weighted by atomic mass is 32.2. The number of hydrazone groups is 1. The lowest BCUT2D eigenvalue weighted by molar-refractivity contribution is -0.384. The summed E-state index contributed by atoms with van der Waals surface area (Å²) in [4.78, 5) is 35.6. The van der Waals surface area contributed by atoms with Crippen LogP contribution < -0.4 is 15.5 Å². The van der Waals surface area contributed by atoms with Crippen molar-refractivity contribution in [2.75, 3.05) is 11.6 Å². The third kappa shape index (κ3) is 8.50. The molecule has 0 aliphatic heterocycles. The molecule has 12 nitrogen and oxygen atoms in total. The van der Waals surface area contributed by atoms with Crippen LogP contribution in [0.5, 0.6) is 5.75 Å². The number of nitro benzene ring substituents is 1. The fourth-order valence-electron chi connectivity index (χ4n) is 4.20. The van der Waals surface area contributed by atoms with E-state index in [2.05, 4.69) is 15.8 Å². The van der Waals surface area contributed by atoms with Crippen molar-refractivity contribution in [3.05, 3.63) is 93.4 Å². The van der Waals surface area contributed by atoms with E-state index in [1.807, 2.05) is 13.0 Å². The number of ether oxygens (including phenoxy) is 2. The van der Waals surface area contributed by atoms with Gasteiger partial charge in [-0.25, -0.2) is 23.4 Å². The molecule has 4 aromatic rings. The van der Waals surface area contributed by atoms with Gasteiger partial charge in [0.05, 0.1) is 30.8 Å². The summed E-state index contributed by atoms with van der Waals surface area (Å²) in [5, 5.41) is 17.5. The fraction of sp³-hybridized carbons (Fsp3) is 0.194. The lowest BCUT2D eigenvalue weighted by atomic mass is 9.98. The Kier molecular flexibility index (Phi) is 10.5. The Labute approximate surface area is 273 Å². The monoisotopic (exact) mass is 682 g/mol. The van der Waals surface area contributed by atoms with Crippen LogP contribution in [0.4, 0.5) is 21.0 Å². The maximum Gasteiger partial charge on any atom is 0.428 e. The van der Waals surface area contributed by atoms with Crippen LogP contribution in [-0.4, -0.2) is 43.6 Å². The van der Waals surface area contributed by atoms with Gasteiger partial charge in [-0.3, -0.25) is 15.4 Å². The minimum Gasteiger partial charge on any atom is -0.443 e. The number of non-ortho nitro benzene ring substituents is 1. The van der Waals surface area contributed by atoms with Gasteiger partial charge in [-0.2, -0.15) is 5.10 Å². The first-order valence-electron chi connectivity index (χ1n) is 13.6. The van der Waals surface area contributed by atoms with Gasteiger partial charge in [0, 0.05) is 22.6 Å². The first-order valence-corrected chi connectivity index (χ1v) is 17.1. The van der Waals surface area contributed by atoms with E-state index in [9.17, 15) is 28.1 Å². The molecule has 46 heavy (non-hydrogen) atoms. The molecule has 2 amide bonds. The lowest BCUT2D eigenvalue weighted by Gasteiger charge is -2.18. The molecule has 0 aliphatic rings. The fourth-order valence-corrected chi connectivity index (χ4v) is 8.14. The average Bonchev–Trinajstić information content (AvgIpc) is 3.41. The second-order valence-electron chi connectivity index (χ2n) is 10.7. The van der Waals surface area contributed by atoms with Crippen LogP contribution in [0.15, 0.2) is 91.9 Å². The van der Waals surface area contributed by atoms with Gasteiger partial charge in [0.2, 0.25) is 9.84 Å². The van der Waals surface area contributed by atoms with Gasteiger partial charge in [0.15, 0.2) is 0 Å². The van der Waals surface area contributed by atoms with Crippen LogP contribution >= 0.6 is 23.1 Å². The van der Waals surface area contributed by atoms with Gasteiger partial charge in [0.1, 0.15) is 11.4 Å². The highest BCUT2D eigenvalue weighted by molar-refractivity contribution is 8.01. The van der Waals surface area contributed by atoms with Gasteiger partial charge in [-0.05, 0) is 81.5 Å². The minimum atomic E-state index is -4.00. The molecule has 0 atom stereocenters. The largest absolute Gasteiger partial charge is 0.443 e. The topological polar surface area (TPSA) is 166 Å². The van der Waals surface area contributed by atoms with E-state index in [4.69, 9.17) is 9.47 Å². The molecule has 240 valence electrons. The maximum absolute atomic E-state index is 13.9. The molecule has 0 aliphatic carbocycles. The summed E-state index contributed by atoms with van der Waals surface area (Å²) < 4.78 is 38.8. The van der Waals surface area contributed by atoms with Crippen molar-refractivity contribution in [1.29, 1.82) is 0 Å². The first-order chi connectivity index (χ1) is 21.7. The van der Waals surface area contributed by atoms with Gasteiger partial charge >= 0.3 is 12.2 Å². The number of thiophene rings is 1. The van der Waals surface area contributed by atoms with E-state index < -0.39 is 32.5 Å². The standard InChI is InChI=1S/C31H30N4O8S3/c1-19-8-6-11-25(33-29(36)42-22-14-12-21(13-15-22)35(38)39)27(19)20-9-7-10-24(16-20)46(40,41)26-17-23(45-28(26)44-5)18-32-34-30(37)43-31(2,3)4/h6-18H,1-5H3,(H,33,36)(H,34,37). The number of amides is 2. The van der Waals surface area contributed by atoms with Crippen molar-refractivity contribution in [2.45, 2.75) is 47.3 Å². The number of sulfone groups is 1. The number of carbonyl (C=O) groups excluding carboxylic acids is 2. The number of aryl methyl sites for hydroxylation is 1. The third-order valence-corrected chi connectivity index (χ3v) is 10.3. The van der Waals surface area contributed by atoms with Crippen LogP contribution in [0.25, 0.3) is 11.1 Å². The molecule has 0 saturated carbocycles. The summed E-state index contributed by atoms with van der Waals surface area (Å²) >= 11 is 2.48. The molecule has 15 heteroatoms. The summed E-state index contributed by atoms with van der Waals surface area (Å²) in [7, 11) is -4.00. The maximum atomic E-state index is 13.9. The molecule has 0 saturated heterocycles. The molecule has 0 fully saturated rings. The predicted molar refractivity (Wildman–Crippen MR) is 178 cm³/mol.